The second-order valence-electron chi connectivity index (χ2n) is 3.70. The SMILES string of the molecule is CCc1cccc(NC(=O)CCCOC)c1. The van der Waals surface area contributed by atoms with Crippen LogP contribution in [-0.4, -0.2) is 19.6 Å². The van der Waals surface area contributed by atoms with Crippen LogP contribution < -0.4 is 5.32 Å². The van der Waals surface area contributed by atoms with Crippen molar-refractivity contribution in [3.05, 3.63) is 29.8 Å². The Hall–Kier alpha value is -1.35. The van der Waals surface area contributed by atoms with Crippen LogP contribution in [-0.2, 0) is 16.0 Å². The molecule has 3 nitrogen and oxygen atoms in total. The van der Waals surface area contributed by atoms with Crippen LogP contribution in [0.15, 0.2) is 24.3 Å². The summed E-state index contributed by atoms with van der Waals surface area (Å²) in [5, 5.41) is 2.88. The monoisotopic (exact) mass is 221 g/mol. The van der Waals surface area contributed by atoms with Gasteiger partial charge in [0, 0.05) is 25.8 Å². The van der Waals surface area contributed by atoms with Crippen molar-refractivity contribution >= 4 is 11.6 Å². The van der Waals surface area contributed by atoms with E-state index in [9.17, 15) is 4.79 Å². The number of carbonyl (C=O) groups is 1. The molecule has 1 rings (SSSR count). The van der Waals surface area contributed by atoms with Crippen LogP contribution in [0.4, 0.5) is 5.69 Å². The summed E-state index contributed by atoms with van der Waals surface area (Å²) < 4.78 is 4.90. The maximum absolute atomic E-state index is 11.5. The Morgan fingerprint density at radius 2 is 2.25 bits per heavy atom. The van der Waals surface area contributed by atoms with Gasteiger partial charge in [-0.3, -0.25) is 4.79 Å². The van der Waals surface area contributed by atoms with E-state index in [1.807, 2.05) is 18.2 Å². The van der Waals surface area contributed by atoms with Crippen LogP contribution in [0.2, 0.25) is 0 Å². The summed E-state index contributed by atoms with van der Waals surface area (Å²) in [6.45, 7) is 2.72. The topological polar surface area (TPSA) is 38.3 Å². The summed E-state index contributed by atoms with van der Waals surface area (Å²) in [5.41, 5.74) is 2.11. The molecule has 0 aliphatic heterocycles. The quantitative estimate of drug-likeness (QED) is 0.750. The molecular weight excluding hydrogens is 202 g/mol. The predicted octanol–water partition coefficient (Wildman–Crippen LogP) is 2.61. The summed E-state index contributed by atoms with van der Waals surface area (Å²) >= 11 is 0. The molecule has 0 atom stereocenters. The third-order valence-corrected chi connectivity index (χ3v) is 2.37. The van der Waals surface area contributed by atoms with Gasteiger partial charge in [-0.15, -0.1) is 0 Å². The van der Waals surface area contributed by atoms with E-state index in [2.05, 4.69) is 18.3 Å². The highest BCUT2D eigenvalue weighted by Crippen LogP contribution is 2.11. The van der Waals surface area contributed by atoms with Crippen LogP contribution in [0.3, 0.4) is 0 Å². The fourth-order valence-corrected chi connectivity index (χ4v) is 1.47. The molecule has 0 spiro atoms. The number of methoxy groups -OCH3 is 1. The minimum Gasteiger partial charge on any atom is -0.385 e. The van der Waals surface area contributed by atoms with Gasteiger partial charge in [0.25, 0.3) is 0 Å². The van der Waals surface area contributed by atoms with E-state index in [4.69, 9.17) is 4.74 Å². The van der Waals surface area contributed by atoms with E-state index >= 15 is 0 Å². The van der Waals surface area contributed by atoms with Gasteiger partial charge in [-0.2, -0.15) is 0 Å². The molecule has 1 aromatic rings. The van der Waals surface area contributed by atoms with Crippen LogP contribution in [0.25, 0.3) is 0 Å². The molecule has 1 N–H and O–H groups in total. The van der Waals surface area contributed by atoms with Gasteiger partial charge in [0.2, 0.25) is 5.91 Å². The van der Waals surface area contributed by atoms with Gasteiger partial charge in [-0.25, -0.2) is 0 Å². The maximum atomic E-state index is 11.5. The predicted molar refractivity (Wildman–Crippen MR) is 65.6 cm³/mol. The highest BCUT2D eigenvalue weighted by atomic mass is 16.5. The molecular formula is C13H19NO2. The molecule has 1 aromatic carbocycles. The Morgan fingerprint density at radius 1 is 1.44 bits per heavy atom. The van der Waals surface area contributed by atoms with Crippen molar-refractivity contribution in [1.82, 2.24) is 0 Å². The van der Waals surface area contributed by atoms with Crippen molar-refractivity contribution in [1.29, 1.82) is 0 Å². The molecule has 0 radical (unpaired) electrons. The van der Waals surface area contributed by atoms with Gasteiger partial charge in [-0.05, 0) is 30.5 Å². The number of aryl methyl sites for hydroxylation is 1. The molecule has 0 heterocycles. The zero-order valence-corrected chi connectivity index (χ0v) is 9.95. The molecule has 0 unspecified atom stereocenters. The molecule has 88 valence electrons. The Balaban J connectivity index is 2.43. The highest BCUT2D eigenvalue weighted by molar-refractivity contribution is 5.90. The van der Waals surface area contributed by atoms with E-state index in [1.54, 1.807) is 7.11 Å². The Kier molecular flexibility index (Phi) is 5.57. The van der Waals surface area contributed by atoms with E-state index in [-0.39, 0.29) is 5.91 Å². The Morgan fingerprint density at radius 3 is 2.94 bits per heavy atom. The molecule has 0 aliphatic carbocycles. The molecule has 3 heteroatoms. The normalized spacial score (nSPS) is 10.1. The van der Waals surface area contributed by atoms with Crippen molar-refractivity contribution in [2.24, 2.45) is 0 Å². The van der Waals surface area contributed by atoms with Crippen LogP contribution >= 0.6 is 0 Å². The molecule has 0 aromatic heterocycles. The van der Waals surface area contributed by atoms with Crippen molar-refractivity contribution in [2.75, 3.05) is 19.0 Å². The smallest absolute Gasteiger partial charge is 0.224 e. The third kappa shape index (κ3) is 4.45. The lowest BCUT2D eigenvalue weighted by Crippen LogP contribution is -2.12. The zero-order chi connectivity index (χ0) is 11.8. The number of ether oxygens (including phenoxy) is 1. The van der Waals surface area contributed by atoms with Gasteiger partial charge in [-0.1, -0.05) is 19.1 Å². The van der Waals surface area contributed by atoms with Crippen LogP contribution in [0.1, 0.15) is 25.3 Å². The van der Waals surface area contributed by atoms with Crippen molar-refractivity contribution in [3.63, 3.8) is 0 Å². The second kappa shape index (κ2) is 7.01. The first kappa shape index (κ1) is 12.7. The molecule has 0 fully saturated rings. The Bertz CT molecular complexity index is 336. The van der Waals surface area contributed by atoms with Crippen molar-refractivity contribution in [3.8, 4) is 0 Å². The summed E-state index contributed by atoms with van der Waals surface area (Å²) in [7, 11) is 1.64. The number of rotatable bonds is 6. The second-order valence-corrected chi connectivity index (χ2v) is 3.70. The Labute approximate surface area is 96.8 Å². The number of benzene rings is 1. The van der Waals surface area contributed by atoms with E-state index in [1.165, 1.54) is 5.56 Å². The fraction of sp³-hybridized carbons (Fsp3) is 0.462. The van der Waals surface area contributed by atoms with Crippen molar-refractivity contribution < 1.29 is 9.53 Å². The molecule has 0 bridgehead atoms. The van der Waals surface area contributed by atoms with Gasteiger partial charge >= 0.3 is 0 Å². The summed E-state index contributed by atoms with van der Waals surface area (Å²) in [4.78, 5) is 11.5. The van der Waals surface area contributed by atoms with Crippen LogP contribution in [0, 0.1) is 0 Å². The lowest BCUT2D eigenvalue weighted by atomic mass is 10.1. The lowest BCUT2D eigenvalue weighted by molar-refractivity contribution is -0.116. The maximum Gasteiger partial charge on any atom is 0.224 e. The van der Waals surface area contributed by atoms with E-state index in [0.29, 0.717) is 13.0 Å². The van der Waals surface area contributed by atoms with E-state index < -0.39 is 0 Å². The average Bonchev–Trinajstić information content (AvgIpc) is 2.29. The first-order valence-corrected chi connectivity index (χ1v) is 5.64. The number of hydrogen-bond donors (Lipinski definition) is 1. The molecule has 0 aliphatic rings. The lowest BCUT2D eigenvalue weighted by Gasteiger charge is -2.06. The fourth-order valence-electron chi connectivity index (χ4n) is 1.47. The third-order valence-electron chi connectivity index (χ3n) is 2.37. The number of anilines is 1. The van der Waals surface area contributed by atoms with Gasteiger partial charge in [0.1, 0.15) is 0 Å². The summed E-state index contributed by atoms with van der Waals surface area (Å²) in [6.07, 6.45) is 2.24. The largest absolute Gasteiger partial charge is 0.385 e. The van der Waals surface area contributed by atoms with Crippen molar-refractivity contribution in [2.45, 2.75) is 26.2 Å². The number of hydrogen-bond acceptors (Lipinski definition) is 2. The standard InChI is InChI=1S/C13H19NO2/c1-3-11-6-4-7-12(10-11)14-13(15)8-5-9-16-2/h4,6-7,10H,3,5,8-9H2,1-2H3,(H,14,15). The van der Waals surface area contributed by atoms with Gasteiger partial charge < -0.3 is 10.1 Å². The minimum atomic E-state index is 0.0466. The number of amides is 1. The summed E-state index contributed by atoms with van der Waals surface area (Å²) in [6, 6.07) is 7.94. The summed E-state index contributed by atoms with van der Waals surface area (Å²) in [5.74, 6) is 0.0466. The first-order valence-electron chi connectivity index (χ1n) is 5.64. The number of carbonyl (C=O) groups excluding carboxylic acids is 1. The molecule has 0 saturated heterocycles. The number of nitrogens with one attached hydrogen (secondary N) is 1. The van der Waals surface area contributed by atoms with E-state index in [0.717, 1.165) is 18.5 Å². The molecule has 1 amide bonds. The highest BCUT2D eigenvalue weighted by Gasteiger charge is 2.02. The molecule has 16 heavy (non-hydrogen) atoms. The van der Waals surface area contributed by atoms with Crippen LogP contribution in [0.5, 0.6) is 0 Å². The van der Waals surface area contributed by atoms with Gasteiger partial charge in [0.05, 0.1) is 0 Å². The average molecular weight is 221 g/mol. The zero-order valence-electron chi connectivity index (χ0n) is 9.95. The molecule has 0 saturated carbocycles. The minimum absolute atomic E-state index is 0.0466. The van der Waals surface area contributed by atoms with Gasteiger partial charge in [0.15, 0.2) is 0 Å². The first-order chi connectivity index (χ1) is 7.76.